The highest BCUT2D eigenvalue weighted by molar-refractivity contribution is 6.11. The first-order valence-corrected chi connectivity index (χ1v) is 51.4. The molecule has 0 bridgehead atoms. The van der Waals surface area contributed by atoms with Crippen LogP contribution in [0.15, 0.2) is 140 Å². The molecule has 22 atom stereocenters. The maximum atomic E-state index is 12.5. The van der Waals surface area contributed by atoms with Crippen molar-refractivity contribution in [3.63, 3.8) is 0 Å². The van der Waals surface area contributed by atoms with E-state index in [-0.39, 0.29) is 140 Å². The Hall–Kier alpha value is -10.0. The number of Topliss-reactive ketones (excluding diaryl/α,β-unsaturated/α-hetero) is 2. The number of aliphatic hydroxyl groups is 2. The zero-order valence-electron chi connectivity index (χ0n) is 87.9. The van der Waals surface area contributed by atoms with E-state index < -0.39 is 27.1 Å². The van der Waals surface area contributed by atoms with Crippen LogP contribution >= 0.6 is 0 Å². The molecular weight excluding hydrogens is 1700 g/mol. The van der Waals surface area contributed by atoms with Crippen molar-refractivity contribution >= 4 is 46.3 Å². The molecule has 0 spiro atoms. The summed E-state index contributed by atoms with van der Waals surface area (Å²) < 4.78 is 0. The molecule has 18 rings (SSSR count). The molecule has 18 aliphatic carbocycles. The Morgan fingerprint density at radius 1 is 0.290 bits per heavy atom. The van der Waals surface area contributed by atoms with Crippen molar-refractivity contribution < 1.29 is 48.6 Å². The van der Waals surface area contributed by atoms with Gasteiger partial charge in [-0.25, -0.2) is 0 Å². The molecule has 0 amide bonds. The highest BCUT2D eigenvalue weighted by atomic mass is 16.3. The number of aliphatic hydroxyl groups excluding tert-OH is 2. The van der Waals surface area contributed by atoms with Crippen LogP contribution in [-0.2, 0) is 38.4 Å². The molecule has 0 aromatic carbocycles. The molecule has 18 aliphatic rings. The van der Waals surface area contributed by atoms with Crippen LogP contribution in [0, 0.1) is 251 Å². The van der Waals surface area contributed by atoms with Gasteiger partial charge in [-0.15, -0.1) is 37.0 Å². The second-order valence-corrected chi connectivity index (χ2v) is 50.0. The lowest BCUT2D eigenvalue weighted by Gasteiger charge is -2.61. The molecule has 0 aliphatic heterocycles. The second-order valence-electron chi connectivity index (χ2n) is 50.0. The maximum Gasteiger partial charge on any atom is 0.196 e. The van der Waals surface area contributed by atoms with Gasteiger partial charge in [0, 0.05) is 23.7 Å². The average Bonchev–Trinajstić information content (AvgIpc) is 0.792. The van der Waals surface area contributed by atoms with E-state index in [0.717, 1.165) is 173 Å². The van der Waals surface area contributed by atoms with E-state index in [9.17, 15) is 64.4 Å². The van der Waals surface area contributed by atoms with Gasteiger partial charge in [-0.2, -0.15) is 15.8 Å². The number of rotatable bonds is 0. The number of allylic oxidation sites excluding steroid dienone is 24. The first kappa shape index (κ1) is 105. The van der Waals surface area contributed by atoms with Gasteiger partial charge in [0.2, 0.25) is 0 Å². The van der Waals surface area contributed by atoms with Gasteiger partial charge in [-0.1, -0.05) is 192 Å². The number of hydrogen-bond acceptors (Lipinski definition) is 13. The Labute approximate surface area is 827 Å². The molecule has 0 radical (unpaired) electrons. The number of carbonyl (C=O) groups is 8. The third-order valence-corrected chi connectivity index (χ3v) is 41.3. The minimum Gasteiger partial charge on any atom is -0.393 e. The molecule has 0 saturated heterocycles. The summed E-state index contributed by atoms with van der Waals surface area (Å²) in [6.45, 7) is 55.8. The molecular formula is C125H153N3O10. The SMILES string of the molecule is C#C[C@]12C=C(C)C(=O)C=C1[C@@]1(C)CCC(=O)C(C)(C)[C@@H]1CC2.C#C[C@]12C=C(C)C(=O)C=C1[C@@]1(C)CC[C@@H](O)C(C)(C)[C@@H]1CC2.C#C[C@]12C=C(C)C(=O)C=C1[C@@]1(C)CC[C@H](C)C(C)(C)[C@@H]1CC2.CC#C[C@]12C=C(C#N)C(=O)C=C1[C@@]1(C)CCC(=O)C(C)(C)[C@@H]1CC2.CC#C[C@]12C=C(C#N)C(=O)C=C1[C@@]1(C)CC[C@@H](O)C(C)(C)[C@@H]1CC2.CC#C[C@]12C=C(C#N)C(=O)C=C1[C@@]1(C)CC[C@H](C)C(C)(C)[C@@H]1CC2. The van der Waals surface area contributed by atoms with Crippen molar-refractivity contribution in [3.8, 4) is 90.8 Å². The summed E-state index contributed by atoms with van der Waals surface area (Å²) in [4.78, 5) is 99.0. The molecule has 2 N–H and O–H groups in total. The first-order valence-electron chi connectivity index (χ1n) is 51.4. The molecule has 138 heavy (non-hydrogen) atoms. The summed E-state index contributed by atoms with van der Waals surface area (Å²) in [5, 5.41) is 48.9. The van der Waals surface area contributed by atoms with Crippen LogP contribution in [0.5, 0.6) is 0 Å². The number of carbonyl (C=O) groups excluding carboxylic acids is 8. The Morgan fingerprint density at radius 2 is 0.507 bits per heavy atom. The molecule has 728 valence electrons. The van der Waals surface area contributed by atoms with E-state index in [2.05, 4.69) is 190 Å². The van der Waals surface area contributed by atoms with Gasteiger partial charge in [0.15, 0.2) is 34.7 Å². The first-order chi connectivity index (χ1) is 64.1. The number of hydrogen-bond donors (Lipinski definition) is 2. The second kappa shape index (κ2) is 36.2. The van der Waals surface area contributed by atoms with E-state index in [0.29, 0.717) is 59.4 Å². The minimum atomic E-state index is -0.532. The molecule has 12 saturated carbocycles. The lowest BCUT2D eigenvalue weighted by atomic mass is 9.43. The number of nitriles is 3. The molecule has 13 heteroatoms. The van der Waals surface area contributed by atoms with E-state index in [1.165, 1.54) is 24.0 Å². The number of terminal acetylenes is 3. The van der Waals surface area contributed by atoms with Gasteiger partial charge < -0.3 is 10.2 Å². The quantitative estimate of drug-likeness (QED) is 0.214. The normalized spacial score (nSPS) is 40.6. The van der Waals surface area contributed by atoms with Crippen molar-refractivity contribution in [3.05, 3.63) is 140 Å². The van der Waals surface area contributed by atoms with Crippen molar-refractivity contribution in [2.75, 3.05) is 0 Å². The third kappa shape index (κ3) is 16.3. The number of ketones is 8. The van der Waals surface area contributed by atoms with E-state index in [1.54, 1.807) is 43.4 Å². The summed E-state index contributed by atoms with van der Waals surface area (Å²) in [6, 6.07) is 6.14. The van der Waals surface area contributed by atoms with Gasteiger partial charge in [-0.3, -0.25) is 38.4 Å². The Kier molecular flexibility index (Phi) is 27.6. The molecule has 0 heterocycles. The summed E-state index contributed by atoms with van der Waals surface area (Å²) in [5.74, 6) is 32.3. The fourth-order valence-electron chi connectivity index (χ4n) is 32.7. The fourth-order valence-corrected chi connectivity index (χ4v) is 32.7. The summed E-state index contributed by atoms with van der Waals surface area (Å²) in [5.41, 5.74) is 5.93. The lowest BCUT2D eigenvalue weighted by Crippen LogP contribution is -2.55. The van der Waals surface area contributed by atoms with Crippen LogP contribution in [0.4, 0.5) is 0 Å². The highest BCUT2D eigenvalue weighted by Gasteiger charge is 2.67. The monoisotopic (exact) mass is 1860 g/mol. The van der Waals surface area contributed by atoms with Crippen molar-refractivity contribution in [1.29, 1.82) is 15.8 Å². The van der Waals surface area contributed by atoms with E-state index >= 15 is 0 Å². The standard InChI is InChI=1S/C22H27NO.C21H25NO2.C21H23NO2.C21H28O.C20H26O2.C20H24O2/c1-6-9-22-11-8-18-20(3,4)15(2)7-10-21(18,5)19(22)12-17(24)16(13-22)14-23;2*1-5-8-21-10-6-16-19(2,3)18(24)7-9-20(16,4)17(21)11-15(23)14(12-21)13-22;1-7-21-11-9-17-19(4,5)15(3)8-10-20(17,6)18(21)12-16(22)14(2)13-21;2*1-6-20-10-7-15-18(3,4)17(22)8-9-19(15,5)16(20)11-14(21)13(2)12-20/h12-13,15,18H,7-8,10-11H2,1-5H3;11-12,16,18,24H,6-7,9-10H2,1-4H3;11-12,16H,6-7,9-10H2,1-4H3;1,12-13,15,17H,8-11H2,2-6H3;1,11-12,15,17,22H,7-10H2,2-5H3;1,11-12,15H,7-10H2,2-5H3/t15-,18-,21-,22-;16-,18+,20-,21-;16-,20-,21-;15-,17-,20-,21-;15-,17+,19-,20-;15-,19-,20-/m000000/s1. The zero-order valence-corrected chi connectivity index (χ0v) is 87.9. The Bertz CT molecular complexity index is 5900. The lowest BCUT2D eigenvalue weighted by molar-refractivity contribution is -0.141. The summed E-state index contributed by atoms with van der Waals surface area (Å²) in [7, 11) is 0. The Morgan fingerprint density at radius 3 is 0.754 bits per heavy atom. The topological polar surface area (TPSA) is 248 Å². The molecule has 0 unspecified atom stereocenters. The third-order valence-electron chi connectivity index (χ3n) is 41.3. The molecule has 13 nitrogen and oxygen atoms in total. The van der Waals surface area contributed by atoms with Gasteiger partial charge in [0.05, 0.1) is 61.4 Å². The smallest absolute Gasteiger partial charge is 0.196 e. The molecule has 0 aromatic heterocycles. The predicted octanol–water partition coefficient (Wildman–Crippen LogP) is 24.6. The fraction of sp³-hybridized carbons (Fsp3) is 0.624. The van der Waals surface area contributed by atoms with Crippen LogP contribution in [0.3, 0.4) is 0 Å². The average molecular weight is 1860 g/mol. The van der Waals surface area contributed by atoms with Crippen LogP contribution in [0.2, 0.25) is 0 Å². The highest BCUT2D eigenvalue weighted by Crippen LogP contribution is 2.73. The summed E-state index contributed by atoms with van der Waals surface area (Å²) >= 11 is 0. The van der Waals surface area contributed by atoms with Gasteiger partial charge in [0.1, 0.15) is 29.8 Å². The number of fused-ring (bicyclic) bond motifs is 18. The van der Waals surface area contributed by atoms with Crippen LogP contribution in [0.1, 0.15) is 334 Å². The van der Waals surface area contributed by atoms with E-state index in [4.69, 9.17) is 19.3 Å². The van der Waals surface area contributed by atoms with Crippen molar-refractivity contribution in [1.82, 2.24) is 0 Å². The van der Waals surface area contributed by atoms with Crippen LogP contribution < -0.4 is 0 Å². The minimum absolute atomic E-state index is 0.00867. The molecule has 0 aromatic rings. The van der Waals surface area contributed by atoms with Gasteiger partial charge in [0.25, 0.3) is 0 Å². The molecule has 12 fully saturated rings. The van der Waals surface area contributed by atoms with Crippen LogP contribution in [0.25, 0.3) is 0 Å². The Balaban J connectivity index is 0.000000140. The largest absolute Gasteiger partial charge is 0.393 e. The van der Waals surface area contributed by atoms with Gasteiger partial charge in [-0.05, 0) is 389 Å². The zero-order chi connectivity index (χ0) is 102. The maximum absolute atomic E-state index is 12.5. The van der Waals surface area contributed by atoms with Crippen LogP contribution in [-0.4, -0.2) is 68.7 Å². The summed E-state index contributed by atoms with van der Waals surface area (Å²) in [6.07, 6.45) is 61.1. The number of nitrogens with zero attached hydrogens (tertiary/aromatic N) is 3. The van der Waals surface area contributed by atoms with Crippen molar-refractivity contribution in [2.24, 2.45) is 145 Å². The predicted molar refractivity (Wildman–Crippen MR) is 546 cm³/mol. The van der Waals surface area contributed by atoms with Crippen molar-refractivity contribution in [2.45, 2.75) is 346 Å². The van der Waals surface area contributed by atoms with E-state index in [1.807, 2.05) is 91.0 Å². The van der Waals surface area contributed by atoms with Gasteiger partial charge >= 0.3 is 0 Å².